The lowest BCUT2D eigenvalue weighted by molar-refractivity contribution is -0.104. The number of nitrogen functional groups attached to an aromatic ring is 1. The van der Waals surface area contributed by atoms with Gasteiger partial charge in [0.1, 0.15) is 12.0 Å². The minimum absolute atomic E-state index is 0.592. The fraction of sp³-hybridized carbons (Fsp3) is 0.308. The number of carbonyl (C=O) groups excluding carboxylic acids is 1. The summed E-state index contributed by atoms with van der Waals surface area (Å²) in [4.78, 5) is 12.6. The number of nitrogens with two attached hydrogens (primary N) is 1. The molecule has 0 aliphatic heterocycles. The summed E-state index contributed by atoms with van der Waals surface area (Å²) < 4.78 is 5.18. The summed E-state index contributed by atoms with van der Waals surface area (Å²) in [5.41, 5.74) is 8.95. The Balaban J connectivity index is 3.41. The quantitative estimate of drug-likeness (QED) is 0.491. The van der Waals surface area contributed by atoms with Gasteiger partial charge in [0, 0.05) is 43.2 Å². The van der Waals surface area contributed by atoms with Crippen LogP contribution in [-0.4, -0.2) is 27.5 Å². The predicted octanol–water partition coefficient (Wildman–Crippen LogP) is 1.95. The predicted molar refractivity (Wildman–Crippen MR) is 71.4 cm³/mol. The zero-order chi connectivity index (χ0) is 13.0. The van der Waals surface area contributed by atoms with Crippen LogP contribution in [0.5, 0.6) is 5.75 Å². The Labute approximate surface area is 102 Å². The smallest absolute Gasteiger partial charge is 0.145 e. The van der Waals surface area contributed by atoms with Gasteiger partial charge in [-0.25, -0.2) is 0 Å². The van der Waals surface area contributed by atoms with Crippen LogP contribution in [0.15, 0.2) is 17.7 Å². The average molecular weight is 234 g/mol. The van der Waals surface area contributed by atoms with Crippen molar-refractivity contribution in [1.29, 1.82) is 0 Å². The molecule has 0 aliphatic carbocycles. The van der Waals surface area contributed by atoms with Crippen molar-refractivity contribution >= 4 is 23.7 Å². The number of anilines is 2. The number of benzene rings is 1. The molecule has 0 radical (unpaired) electrons. The molecule has 92 valence electrons. The van der Waals surface area contributed by atoms with Crippen molar-refractivity contribution in [2.45, 2.75) is 6.92 Å². The van der Waals surface area contributed by atoms with Crippen molar-refractivity contribution in [1.82, 2.24) is 0 Å². The van der Waals surface area contributed by atoms with E-state index in [0.29, 0.717) is 17.0 Å². The van der Waals surface area contributed by atoms with Crippen LogP contribution in [0.1, 0.15) is 12.5 Å². The molecule has 0 amide bonds. The fourth-order valence-electron chi connectivity index (χ4n) is 1.54. The van der Waals surface area contributed by atoms with E-state index in [2.05, 4.69) is 0 Å². The number of hydrogen-bond donors (Lipinski definition) is 1. The molecule has 1 rings (SSSR count). The van der Waals surface area contributed by atoms with E-state index in [0.717, 1.165) is 17.5 Å². The van der Waals surface area contributed by atoms with Crippen molar-refractivity contribution in [3.63, 3.8) is 0 Å². The van der Waals surface area contributed by atoms with Crippen LogP contribution in [0.25, 0.3) is 6.08 Å². The van der Waals surface area contributed by atoms with E-state index in [1.54, 1.807) is 26.2 Å². The summed E-state index contributed by atoms with van der Waals surface area (Å²) >= 11 is 0. The van der Waals surface area contributed by atoms with Gasteiger partial charge in [0.15, 0.2) is 0 Å². The minimum atomic E-state index is 0.592. The van der Waals surface area contributed by atoms with E-state index >= 15 is 0 Å². The maximum atomic E-state index is 10.7. The zero-order valence-electron chi connectivity index (χ0n) is 10.7. The van der Waals surface area contributed by atoms with Crippen molar-refractivity contribution < 1.29 is 9.53 Å². The third-order valence-electron chi connectivity index (χ3n) is 2.44. The monoisotopic (exact) mass is 234 g/mol. The lowest BCUT2D eigenvalue weighted by Crippen LogP contribution is -2.11. The molecule has 0 saturated carbocycles. The van der Waals surface area contributed by atoms with Crippen molar-refractivity contribution in [3.05, 3.63) is 23.3 Å². The fourth-order valence-corrected chi connectivity index (χ4v) is 1.54. The van der Waals surface area contributed by atoms with Crippen LogP contribution in [0.2, 0.25) is 0 Å². The Kier molecular flexibility index (Phi) is 4.15. The van der Waals surface area contributed by atoms with Gasteiger partial charge >= 0.3 is 0 Å². The van der Waals surface area contributed by atoms with E-state index in [-0.39, 0.29) is 0 Å². The maximum Gasteiger partial charge on any atom is 0.145 e. The van der Waals surface area contributed by atoms with Crippen molar-refractivity contribution in [2.24, 2.45) is 0 Å². The Morgan fingerprint density at radius 3 is 2.53 bits per heavy atom. The second kappa shape index (κ2) is 5.39. The van der Waals surface area contributed by atoms with Crippen molar-refractivity contribution in [3.8, 4) is 5.75 Å². The Morgan fingerprint density at radius 2 is 2.06 bits per heavy atom. The molecule has 0 aliphatic rings. The first-order valence-electron chi connectivity index (χ1n) is 5.28. The Bertz CT molecular complexity index is 451. The first-order chi connectivity index (χ1) is 7.99. The molecule has 0 heterocycles. The van der Waals surface area contributed by atoms with Gasteiger partial charge < -0.3 is 15.4 Å². The largest absolute Gasteiger partial charge is 0.497 e. The van der Waals surface area contributed by atoms with Gasteiger partial charge in [-0.05, 0) is 18.6 Å². The zero-order valence-corrected chi connectivity index (χ0v) is 10.7. The molecule has 4 nitrogen and oxygen atoms in total. The molecule has 0 bridgehead atoms. The summed E-state index contributed by atoms with van der Waals surface area (Å²) in [5.74, 6) is 0.701. The highest BCUT2D eigenvalue weighted by Gasteiger charge is 2.09. The second-order valence-corrected chi connectivity index (χ2v) is 4.05. The molecule has 0 saturated heterocycles. The lowest BCUT2D eigenvalue weighted by atomic mass is 10.1. The van der Waals surface area contributed by atoms with Crippen LogP contribution in [0.3, 0.4) is 0 Å². The molecule has 1 aromatic carbocycles. The Hall–Kier alpha value is -1.97. The third-order valence-corrected chi connectivity index (χ3v) is 2.44. The number of nitrogens with zero attached hydrogens (tertiary/aromatic N) is 1. The van der Waals surface area contributed by atoms with E-state index in [1.165, 1.54) is 0 Å². The highest BCUT2D eigenvalue weighted by atomic mass is 16.5. The van der Waals surface area contributed by atoms with Gasteiger partial charge in [-0.3, -0.25) is 4.79 Å². The first kappa shape index (κ1) is 13.1. The number of rotatable bonds is 4. The van der Waals surface area contributed by atoms with Gasteiger partial charge in [-0.1, -0.05) is 0 Å². The van der Waals surface area contributed by atoms with E-state index in [9.17, 15) is 4.79 Å². The van der Waals surface area contributed by atoms with Gasteiger partial charge in [0.05, 0.1) is 7.11 Å². The molecular weight excluding hydrogens is 216 g/mol. The van der Waals surface area contributed by atoms with Crippen LogP contribution in [-0.2, 0) is 4.79 Å². The topological polar surface area (TPSA) is 55.6 Å². The molecule has 0 aromatic heterocycles. The number of hydrogen-bond acceptors (Lipinski definition) is 4. The second-order valence-electron chi connectivity index (χ2n) is 4.05. The summed E-state index contributed by atoms with van der Waals surface area (Å²) in [5, 5.41) is 0. The van der Waals surface area contributed by atoms with Gasteiger partial charge in [-0.2, -0.15) is 0 Å². The number of aldehydes is 1. The standard InChI is InChI=1S/C13H18N2O2/c1-9(8-16)5-11-12(14)6-10(17-4)7-13(11)15(2)3/h5-8H,14H2,1-4H3/b9-5-. The maximum absolute atomic E-state index is 10.7. The molecule has 0 atom stereocenters. The van der Waals surface area contributed by atoms with Gasteiger partial charge in [0.2, 0.25) is 0 Å². The van der Waals surface area contributed by atoms with Crippen molar-refractivity contribution in [2.75, 3.05) is 31.8 Å². The summed E-state index contributed by atoms with van der Waals surface area (Å²) in [7, 11) is 5.43. The normalized spacial score (nSPS) is 11.2. The van der Waals surface area contributed by atoms with E-state index in [4.69, 9.17) is 10.5 Å². The molecule has 1 aromatic rings. The molecule has 0 fully saturated rings. The lowest BCUT2D eigenvalue weighted by Gasteiger charge is -2.19. The summed E-state index contributed by atoms with van der Waals surface area (Å²) in [6.07, 6.45) is 2.58. The van der Waals surface area contributed by atoms with Gasteiger partial charge in [-0.15, -0.1) is 0 Å². The van der Waals surface area contributed by atoms with Crippen LogP contribution < -0.4 is 15.4 Å². The Morgan fingerprint density at radius 1 is 1.41 bits per heavy atom. The molecular formula is C13H18N2O2. The average Bonchev–Trinajstić information content (AvgIpc) is 2.30. The van der Waals surface area contributed by atoms with Gasteiger partial charge in [0.25, 0.3) is 0 Å². The van der Waals surface area contributed by atoms with E-state index in [1.807, 2.05) is 25.1 Å². The minimum Gasteiger partial charge on any atom is -0.497 e. The van der Waals surface area contributed by atoms with Crippen LogP contribution in [0, 0.1) is 0 Å². The number of methoxy groups -OCH3 is 1. The number of allylic oxidation sites excluding steroid dienone is 1. The number of carbonyl (C=O) groups is 1. The molecule has 4 heteroatoms. The molecule has 2 N–H and O–H groups in total. The molecule has 0 spiro atoms. The highest BCUT2D eigenvalue weighted by Crippen LogP contribution is 2.32. The highest BCUT2D eigenvalue weighted by molar-refractivity contribution is 5.88. The van der Waals surface area contributed by atoms with Crippen LogP contribution >= 0.6 is 0 Å². The number of ether oxygens (including phenoxy) is 1. The van der Waals surface area contributed by atoms with E-state index < -0.39 is 0 Å². The summed E-state index contributed by atoms with van der Waals surface area (Å²) in [6, 6.07) is 3.64. The first-order valence-corrected chi connectivity index (χ1v) is 5.28. The summed E-state index contributed by atoms with van der Waals surface area (Å²) in [6.45, 7) is 1.75. The molecule has 0 unspecified atom stereocenters. The van der Waals surface area contributed by atoms with Crippen LogP contribution in [0.4, 0.5) is 11.4 Å². The third kappa shape index (κ3) is 3.00. The molecule has 17 heavy (non-hydrogen) atoms. The SMILES string of the molecule is COc1cc(N)c(/C=C(/C)C=O)c(N(C)C)c1.